The van der Waals surface area contributed by atoms with E-state index >= 15 is 0 Å². The van der Waals surface area contributed by atoms with Crippen LogP contribution in [0.1, 0.15) is 31.2 Å². The summed E-state index contributed by atoms with van der Waals surface area (Å²) in [5.41, 5.74) is 1.29. The average Bonchev–Trinajstić information content (AvgIpc) is 3.08. The molecule has 1 aromatic rings. The molecule has 0 saturated carbocycles. The third-order valence-corrected chi connectivity index (χ3v) is 5.46. The van der Waals surface area contributed by atoms with E-state index in [1.54, 1.807) is 11.3 Å². The number of likely N-dealkylation sites (tertiary alicyclic amines) is 1. The Hall–Kier alpha value is -0.910. The van der Waals surface area contributed by atoms with Gasteiger partial charge in [0.1, 0.15) is 0 Å². The Kier molecular flexibility index (Phi) is 5.87. The first-order chi connectivity index (χ1) is 10.8. The molecular formula is C17H26N2O2S. The van der Waals surface area contributed by atoms with Gasteiger partial charge in [0.25, 0.3) is 0 Å². The maximum Gasteiger partial charge on any atom is 0.223 e. The van der Waals surface area contributed by atoms with Crippen LogP contribution in [0.4, 0.5) is 0 Å². The Bertz CT molecular complexity index is 457. The second-order valence-electron chi connectivity index (χ2n) is 6.28. The molecule has 0 bridgehead atoms. The predicted octanol–water partition coefficient (Wildman–Crippen LogP) is 2.39. The van der Waals surface area contributed by atoms with Gasteiger partial charge in [0.2, 0.25) is 5.91 Å². The first-order valence-corrected chi connectivity index (χ1v) is 9.38. The van der Waals surface area contributed by atoms with Crippen molar-refractivity contribution in [1.82, 2.24) is 9.80 Å². The lowest BCUT2D eigenvalue weighted by atomic mass is 10.00. The van der Waals surface area contributed by atoms with Crippen molar-refractivity contribution in [1.29, 1.82) is 0 Å². The van der Waals surface area contributed by atoms with Crippen LogP contribution in [0.3, 0.4) is 0 Å². The highest BCUT2D eigenvalue weighted by atomic mass is 32.1. The standard InChI is InChI=1S/C17H26N2O2S/c20-17(5-4-15-6-12-22-14-15)19-7-2-1-3-16(19)13-18-8-10-21-11-9-18/h6,12,14,16H,1-5,7-11,13H2. The SMILES string of the molecule is O=C(CCc1ccsc1)N1CCCCC1CN1CCOCC1. The molecule has 0 N–H and O–H groups in total. The number of rotatable bonds is 5. The van der Waals surface area contributed by atoms with Crippen LogP contribution < -0.4 is 0 Å². The van der Waals surface area contributed by atoms with Crippen LogP contribution in [0.25, 0.3) is 0 Å². The van der Waals surface area contributed by atoms with Crippen molar-refractivity contribution in [3.63, 3.8) is 0 Å². The Balaban J connectivity index is 1.52. The Morgan fingerprint density at radius 3 is 2.91 bits per heavy atom. The quantitative estimate of drug-likeness (QED) is 0.834. The number of hydrogen-bond acceptors (Lipinski definition) is 4. The Morgan fingerprint density at radius 1 is 1.27 bits per heavy atom. The maximum atomic E-state index is 12.6. The van der Waals surface area contributed by atoms with E-state index in [1.165, 1.54) is 12.0 Å². The van der Waals surface area contributed by atoms with Gasteiger partial charge in [-0.3, -0.25) is 9.69 Å². The molecule has 3 rings (SSSR count). The molecule has 1 atom stereocenters. The number of morpholine rings is 1. The molecule has 0 aliphatic carbocycles. The number of thiophene rings is 1. The van der Waals surface area contributed by atoms with E-state index in [4.69, 9.17) is 4.74 Å². The number of aryl methyl sites for hydroxylation is 1. The molecule has 122 valence electrons. The van der Waals surface area contributed by atoms with Crippen LogP contribution in [-0.4, -0.2) is 61.1 Å². The number of carbonyl (C=O) groups excluding carboxylic acids is 1. The lowest BCUT2D eigenvalue weighted by Gasteiger charge is -2.39. The van der Waals surface area contributed by atoms with Crippen LogP contribution >= 0.6 is 11.3 Å². The second-order valence-corrected chi connectivity index (χ2v) is 7.06. The lowest BCUT2D eigenvalue weighted by Crippen LogP contribution is -2.51. The molecule has 1 aromatic heterocycles. The molecule has 2 saturated heterocycles. The normalized spacial score (nSPS) is 23.6. The maximum absolute atomic E-state index is 12.6. The summed E-state index contributed by atoms with van der Waals surface area (Å²) in [5, 5.41) is 4.23. The highest BCUT2D eigenvalue weighted by Gasteiger charge is 2.28. The number of amides is 1. The fourth-order valence-corrected chi connectivity index (χ4v) is 4.13. The highest BCUT2D eigenvalue weighted by Crippen LogP contribution is 2.20. The fourth-order valence-electron chi connectivity index (χ4n) is 3.43. The van der Waals surface area contributed by atoms with Crippen molar-refractivity contribution in [3.05, 3.63) is 22.4 Å². The van der Waals surface area contributed by atoms with Crippen molar-refractivity contribution >= 4 is 17.2 Å². The number of ether oxygens (including phenoxy) is 1. The van der Waals surface area contributed by atoms with Gasteiger partial charge >= 0.3 is 0 Å². The summed E-state index contributed by atoms with van der Waals surface area (Å²) < 4.78 is 5.42. The molecule has 2 fully saturated rings. The predicted molar refractivity (Wildman–Crippen MR) is 89.3 cm³/mol. The van der Waals surface area contributed by atoms with Gasteiger partial charge in [0.15, 0.2) is 0 Å². The summed E-state index contributed by atoms with van der Waals surface area (Å²) in [5.74, 6) is 0.337. The van der Waals surface area contributed by atoms with Gasteiger partial charge in [0, 0.05) is 38.6 Å². The summed E-state index contributed by atoms with van der Waals surface area (Å²) >= 11 is 1.71. The minimum Gasteiger partial charge on any atom is -0.379 e. The topological polar surface area (TPSA) is 32.8 Å². The third-order valence-electron chi connectivity index (χ3n) is 4.73. The molecule has 2 aliphatic rings. The minimum atomic E-state index is 0.337. The van der Waals surface area contributed by atoms with E-state index in [0.717, 1.165) is 58.7 Å². The van der Waals surface area contributed by atoms with Crippen LogP contribution in [0.5, 0.6) is 0 Å². The molecule has 0 spiro atoms. The van der Waals surface area contributed by atoms with Gasteiger partial charge in [-0.05, 0) is 48.1 Å². The van der Waals surface area contributed by atoms with Crippen molar-refractivity contribution < 1.29 is 9.53 Å². The minimum absolute atomic E-state index is 0.337. The largest absolute Gasteiger partial charge is 0.379 e. The average molecular weight is 322 g/mol. The van der Waals surface area contributed by atoms with Gasteiger partial charge in [-0.25, -0.2) is 0 Å². The number of piperidine rings is 1. The van der Waals surface area contributed by atoms with Crippen molar-refractivity contribution in [2.45, 2.75) is 38.1 Å². The molecule has 0 aromatic carbocycles. The zero-order valence-electron chi connectivity index (χ0n) is 13.2. The molecule has 4 nitrogen and oxygen atoms in total. The summed E-state index contributed by atoms with van der Waals surface area (Å²) in [6.45, 7) is 5.64. The first kappa shape index (κ1) is 16.0. The zero-order valence-corrected chi connectivity index (χ0v) is 14.0. The third kappa shape index (κ3) is 4.31. The van der Waals surface area contributed by atoms with Gasteiger partial charge in [-0.1, -0.05) is 0 Å². The molecule has 0 radical (unpaired) electrons. The highest BCUT2D eigenvalue weighted by molar-refractivity contribution is 7.07. The summed E-state index contributed by atoms with van der Waals surface area (Å²) in [7, 11) is 0. The first-order valence-electron chi connectivity index (χ1n) is 8.43. The van der Waals surface area contributed by atoms with E-state index < -0.39 is 0 Å². The summed E-state index contributed by atoms with van der Waals surface area (Å²) in [6, 6.07) is 2.53. The Morgan fingerprint density at radius 2 is 2.14 bits per heavy atom. The van der Waals surface area contributed by atoms with Gasteiger partial charge in [-0.15, -0.1) is 0 Å². The van der Waals surface area contributed by atoms with Gasteiger partial charge in [-0.2, -0.15) is 11.3 Å². The fraction of sp³-hybridized carbons (Fsp3) is 0.706. The van der Waals surface area contributed by atoms with Crippen LogP contribution in [-0.2, 0) is 16.0 Å². The number of hydrogen-bond donors (Lipinski definition) is 0. The smallest absolute Gasteiger partial charge is 0.223 e. The van der Waals surface area contributed by atoms with E-state index in [9.17, 15) is 4.79 Å². The monoisotopic (exact) mass is 322 g/mol. The van der Waals surface area contributed by atoms with E-state index in [0.29, 0.717) is 18.4 Å². The molecule has 5 heteroatoms. The molecular weight excluding hydrogens is 296 g/mol. The molecule has 3 heterocycles. The van der Waals surface area contributed by atoms with Gasteiger partial charge < -0.3 is 9.64 Å². The summed E-state index contributed by atoms with van der Waals surface area (Å²) in [6.07, 6.45) is 5.09. The van der Waals surface area contributed by atoms with Crippen molar-refractivity contribution in [2.24, 2.45) is 0 Å². The van der Waals surface area contributed by atoms with Gasteiger partial charge in [0.05, 0.1) is 13.2 Å². The molecule has 22 heavy (non-hydrogen) atoms. The summed E-state index contributed by atoms with van der Waals surface area (Å²) in [4.78, 5) is 17.2. The van der Waals surface area contributed by atoms with E-state index in [1.807, 2.05) is 0 Å². The van der Waals surface area contributed by atoms with Crippen molar-refractivity contribution in [3.8, 4) is 0 Å². The van der Waals surface area contributed by atoms with Crippen LogP contribution in [0.15, 0.2) is 16.8 Å². The van der Waals surface area contributed by atoms with Crippen molar-refractivity contribution in [2.75, 3.05) is 39.4 Å². The molecule has 2 aliphatic heterocycles. The van der Waals surface area contributed by atoms with Crippen LogP contribution in [0, 0.1) is 0 Å². The van der Waals surface area contributed by atoms with E-state index in [-0.39, 0.29) is 0 Å². The molecule has 1 unspecified atom stereocenters. The zero-order chi connectivity index (χ0) is 15.2. The number of nitrogens with zero attached hydrogens (tertiary/aromatic N) is 2. The van der Waals surface area contributed by atoms with Crippen LogP contribution in [0.2, 0.25) is 0 Å². The number of carbonyl (C=O) groups is 1. The molecule has 1 amide bonds. The Labute approximate surface area is 137 Å². The second kappa shape index (κ2) is 8.09. The van der Waals surface area contributed by atoms with E-state index in [2.05, 4.69) is 26.6 Å². The lowest BCUT2D eigenvalue weighted by molar-refractivity contribution is -0.135.